The van der Waals surface area contributed by atoms with Gasteiger partial charge in [-0.15, -0.1) is 0 Å². The molecule has 0 radical (unpaired) electrons. The topological polar surface area (TPSA) is 99.4 Å². The van der Waals surface area contributed by atoms with Crippen LogP contribution >= 0.6 is 11.6 Å². The highest BCUT2D eigenvalue weighted by Crippen LogP contribution is 2.38. The van der Waals surface area contributed by atoms with Gasteiger partial charge in [0.15, 0.2) is 17.3 Å². The SMILES string of the molecule is Cc1cc(-c2ccc(C(F)(F)F)cc2)ccc1COc1ncc(Cl)cc1-c1cccc(-n2ncc(OC(=O)O)c2C(F)(F)F)n1. The summed E-state index contributed by atoms with van der Waals surface area (Å²) in [4.78, 5) is 19.4. The van der Waals surface area contributed by atoms with Crippen molar-refractivity contribution in [1.82, 2.24) is 19.7 Å². The molecule has 15 heteroatoms. The van der Waals surface area contributed by atoms with Crippen molar-refractivity contribution in [2.24, 2.45) is 0 Å². The summed E-state index contributed by atoms with van der Waals surface area (Å²) < 4.78 is 90.9. The normalized spacial score (nSPS) is 11.8. The number of nitrogens with zero attached hydrogens (tertiary/aromatic N) is 4. The zero-order valence-corrected chi connectivity index (χ0v) is 23.6. The molecular weight excluding hydrogens is 630 g/mol. The molecule has 45 heavy (non-hydrogen) atoms. The monoisotopic (exact) mass is 648 g/mol. The Morgan fingerprint density at radius 1 is 0.933 bits per heavy atom. The van der Waals surface area contributed by atoms with Gasteiger partial charge in [-0.1, -0.05) is 48.0 Å². The number of benzene rings is 2. The van der Waals surface area contributed by atoms with Gasteiger partial charge in [0, 0.05) is 6.20 Å². The molecular formula is C30H19ClF6N4O4. The third-order valence-electron chi connectivity index (χ3n) is 6.50. The number of carbonyl (C=O) groups is 1. The molecule has 0 atom stereocenters. The van der Waals surface area contributed by atoms with Gasteiger partial charge in [-0.2, -0.15) is 31.4 Å². The zero-order chi connectivity index (χ0) is 32.5. The maximum atomic E-state index is 13.8. The van der Waals surface area contributed by atoms with Gasteiger partial charge >= 0.3 is 18.5 Å². The molecule has 0 spiro atoms. The fourth-order valence-corrected chi connectivity index (χ4v) is 4.55. The van der Waals surface area contributed by atoms with E-state index < -0.39 is 35.5 Å². The number of alkyl halides is 6. The summed E-state index contributed by atoms with van der Waals surface area (Å²) in [7, 11) is 0. The van der Waals surface area contributed by atoms with E-state index in [4.69, 9.17) is 21.4 Å². The van der Waals surface area contributed by atoms with Gasteiger partial charge < -0.3 is 14.6 Å². The number of aromatic nitrogens is 4. The number of pyridine rings is 2. The Labute approximate surface area is 255 Å². The molecule has 3 heterocycles. The number of hydrogen-bond acceptors (Lipinski definition) is 6. The first-order valence-electron chi connectivity index (χ1n) is 12.8. The molecule has 5 aromatic rings. The number of carboxylic acid groups (broad SMARTS) is 1. The van der Waals surface area contributed by atoms with Crippen molar-refractivity contribution in [3.63, 3.8) is 0 Å². The summed E-state index contributed by atoms with van der Waals surface area (Å²) in [6, 6.07) is 15.7. The predicted molar refractivity (Wildman–Crippen MR) is 149 cm³/mol. The molecule has 0 saturated heterocycles. The number of aryl methyl sites for hydroxylation is 1. The van der Waals surface area contributed by atoms with Crippen LogP contribution in [0.5, 0.6) is 11.6 Å². The average Bonchev–Trinajstić information content (AvgIpc) is 3.40. The third-order valence-corrected chi connectivity index (χ3v) is 6.71. The zero-order valence-electron chi connectivity index (χ0n) is 22.8. The van der Waals surface area contributed by atoms with Crippen LogP contribution in [-0.2, 0) is 19.0 Å². The Morgan fingerprint density at radius 2 is 1.64 bits per heavy atom. The second-order valence-electron chi connectivity index (χ2n) is 9.53. The Balaban J connectivity index is 1.42. The molecule has 0 aliphatic rings. The van der Waals surface area contributed by atoms with Crippen LogP contribution in [0, 0.1) is 6.92 Å². The van der Waals surface area contributed by atoms with Gasteiger partial charge in [0.25, 0.3) is 0 Å². The summed E-state index contributed by atoms with van der Waals surface area (Å²) in [6.45, 7) is 1.81. The van der Waals surface area contributed by atoms with Crippen LogP contribution in [0.3, 0.4) is 0 Å². The number of rotatable bonds is 7. The molecule has 0 saturated carbocycles. The second kappa shape index (κ2) is 12.1. The van der Waals surface area contributed by atoms with Gasteiger partial charge in [-0.3, -0.25) is 0 Å². The summed E-state index contributed by atoms with van der Waals surface area (Å²) in [5.74, 6) is -1.27. The molecule has 232 valence electrons. The van der Waals surface area contributed by atoms with E-state index in [0.717, 1.165) is 23.3 Å². The van der Waals surface area contributed by atoms with Crippen LogP contribution in [0.15, 0.2) is 79.1 Å². The molecule has 1 N–H and O–H groups in total. The van der Waals surface area contributed by atoms with E-state index in [1.165, 1.54) is 42.6 Å². The van der Waals surface area contributed by atoms with Crippen molar-refractivity contribution in [1.29, 1.82) is 0 Å². The first-order chi connectivity index (χ1) is 21.2. The Bertz CT molecular complexity index is 1870. The molecule has 8 nitrogen and oxygen atoms in total. The molecule has 0 bridgehead atoms. The summed E-state index contributed by atoms with van der Waals surface area (Å²) in [5, 5.41) is 12.6. The maximum Gasteiger partial charge on any atom is 0.511 e. The third kappa shape index (κ3) is 7.01. The number of halogens is 7. The fourth-order valence-electron chi connectivity index (χ4n) is 4.39. The smallest absolute Gasteiger partial charge is 0.472 e. The Morgan fingerprint density at radius 3 is 2.29 bits per heavy atom. The maximum absolute atomic E-state index is 13.8. The van der Waals surface area contributed by atoms with Gasteiger partial charge in [0.05, 0.1) is 28.0 Å². The van der Waals surface area contributed by atoms with E-state index in [-0.39, 0.29) is 34.6 Å². The average molecular weight is 649 g/mol. The van der Waals surface area contributed by atoms with Crippen molar-refractivity contribution >= 4 is 17.8 Å². The van der Waals surface area contributed by atoms with E-state index >= 15 is 0 Å². The van der Waals surface area contributed by atoms with Crippen LogP contribution in [0.4, 0.5) is 31.1 Å². The Kier molecular flexibility index (Phi) is 8.43. The van der Waals surface area contributed by atoms with Crippen LogP contribution in [0.25, 0.3) is 28.2 Å². The molecule has 3 aromatic heterocycles. The van der Waals surface area contributed by atoms with Gasteiger partial charge in [0.1, 0.15) is 6.61 Å². The molecule has 2 aromatic carbocycles. The van der Waals surface area contributed by atoms with Crippen molar-refractivity contribution < 1.29 is 45.7 Å². The first kappa shape index (κ1) is 31.3. The summed E-state index contributed by atoms with van der Waals surface area (Å²) in [5.41, 5.74) is 0.936. The molecule has 0 aliphatic heterocycles. The van der Waals surface area contributed by atoms with E-state index in [1.807, 2.05) is 0 Å². The minimum absolute atomic E-state index is 0.00765. The predicted octanol–water partition coefficient (Wildman–Crippen LogP) is 8.63. The van der Waals surface area contributed by atoms with Crippen molar-refractivity contribution in [2.45, 2.75) is 25.9 Å². The van der Waals surface area contributed by atoms with Crippen molar-refractivity contribution in [2.75, 3.05) is 0 Å². The molecule has 0 unspecified atom stereocenters. The minimum atomic E-state index is -5.04. The lowest BCUT2D eigenvalue weighted by atomic mass is 9.99. The largest absolute Gasteiger partial charge is 0.511 e. The number of hydrogen-bond donors (Lipinski definition) is 1. The van der Waals surface area contributed by atoms with Crippen LogP contribution < -0.4 is 9.47 Å². The van der Waals surface area contributed by atoms with Crippen LogP contribution in [0.1, 0.15) is 22.4 Å². The lowest BCUT2D eigenvalue weighted by Gasteiger charge is -2.14. The lowest BCUT2D eigenvalue weighted by Crippen LogP contribution is -2.17. The standard InChI is InChI=1S/C30H19ClF6N4O4/c1-16-11-18(17-7-9-20(10-8-17)29(32,33)34)5-6-19(16)15-44-27-22(12-21(31)13-38-27)23-3-2-4-25(40-23)41-26(30(35,36)37)24(14-39-41)45-28(42)43/h2-14H,15H2,1H3,(H,42,43). The molecule has 0 fully saturated rings. The summed E-state index contributed by atoms with van der Waals surface area (Å²) in [6.07, 6.45) is -9.49. The number of ether oxygens (including phenoxy) is 2. The van der Waals surface area contributed by atoms with E-state index in [9.17, 15) is 31.1 Å². The molecule has 0 aliphatic carbocycles. The highest BCUT2D eigenvalue weighted by molar-refractivity contribution is 6.30. The van der Waals surface area contributed by atoms with E-state index in [1.54, 1.807) is 25.1 Å². The van der Waals surface area contributed by atoms with Gasteiger partial charge in [-0.25, -0.2) is 19.4 Å². The quantitative estimate of drug-likeness (QED) is 0.139. The van der Waals surface area contributed by atoms with Gasteiger partial charge in [0.2, 0.25) is 5.88 Å². The van der Waals surface area contributed by atoms with E-state index in [2.05, 4.69) is 19.8 Å². The van der Waals surface area contributed by atoms with Crippen LogP contribution in [-0.4, -0.2) is 31.0 Å². The fraction of sp³-hybridized carbons (Fsp3) is 0.133. The highest BCUT2D eigenvalue weighted by atomic mass is 35.5. The molecule has 5 rings (SSSR count). The highest BCUT2D eigenvalue weighted by Gasteiger charge is 2.41. The van der Waals surface area contributed by atoms with Crippen molar-refractivity contribution in [3.05, 3.63) is 107 Å². The lowest BCUT2D eigenvalue weighted by molar-refractivity contribution is -0.144. The van der Waals surface area contributed by atoms with Gasteiger partial charge in [-0.05, 0) is 59.5 Å². The molecule has 0 amide bonds. The van der Waals surface area contributed by atoms with E-state index in [0.29, 0.717) is 22.0 Å². The van der Waals surface area contributed by atoms with Crippen LogP contribution in [0.2, 0.25) is 5.02 Å². The minimum Gasteiger partial charge on any atom is -0.472 e. The van der Waals surface area contributed by atoms with Crippen molar-refractivity contribution in [3.8, 4) is 39.8 Å². The first-order valence-corrected chi connectivity index (χ1v) is 13.2. The second-order valence-corrected chi connectivity index (χ2v) is 9.96. The summed E-state index contributed by atoms with van der Waals surface area (Å²) >= 11 is 6.17. The Hall–Kier alpha value is -5.11.